The van der Waals surface area contributed by atoms with Crippen LogP contribution in [0.25, 0.3) is 0 Å². The molecular weight excluding hydrogens is 340 g/mol. The van der Waals surface area contributed by atoms with E-state index in [0.717, 1.165) is 12.0 Å². The van der Waals surface area contributed by atoms with Crippen molar-refractivity contribution >= 4 is 21.7 Å². The first-order valence-corrected chi connectivity index (χ1v) is 10.5. The van der Waals surface area contributed by atoms with Gasteiger partial charge in [0.1, 0.15) is 0 Å². The van der Waals surface area contributed by atoms with Gasteiger partial charge in [0.15, 0.2) is 9.84 Å². The van der Waals surface area contributed by atoms with Gasteiger partial charge in [0.25, 0.3) is 0 Å². The number of nitrogens with one attached hydrogen (secondary N) is 2. The van der Waals surface area contributed by atoms with E-state index in [1.807, 2.05) is 31.2 Å². The molecule has 138 valence electrons. The van der Waals surface area contributed by atoms with Gasteiger partial charge in [-0.15, -0.1) is 0 Å². The largest absolute Gasteiger partial charge is 0.355 e. The normalized spacial score (nSPS) is 20.0. The second-order valence-corrected chi connectivity index (χ2v) is 8.75. The van der Waals surface area contributed by atoms with Gasteiger partial charge in [0.05, 0.1) is 17.4 Å². The maximum atomic E-state index is 12.2. The number of amides is 2. The zero-order valence-corrected chi connectivity index (χ0v) is 15.6. The minimum atomic E-state index is -3.01. The van der Waals surface area contributed by atoms with Gasteiger partial charge in [-0.2, -0.15) is 0 Å². The minimum Gasteiger partial charge on any atom is -0.355 e. The van der Waals surface area contributed by atoms with Crippen molar-refractivity contribution in [2.24, 2.45) is 0 Å². The summed E-state index contributed by atoms with van der Waals surface area (Å²) in [6.07, 6.45) is 1.56. The summed E-state index contributed by atoms with van der Waals surface area (Å²) in [5, 5.41) is 5.48. The van der Waals surface area contributed by atoms with Crippen LogP contribution in [0.1, 0.15) is 43.7 Å². The molecule has 25 heavy (non-hydrogen) atoms. The van der Waals surface area contributed by atoms with Crippen LogP contribution >= 0.6 is 0 Å². The van der Waals surface area contributed by atoms with Crippen molar-refractivity contribution in [3.8, 4) is 0 Å². The van der Waals surface area contributed by atoms with Crippen molar-refractivity contribution in [1.29, 1.82) is 0 Å². The molecule has 0 saturated carbocycles. The fourth-order valence-corrected chi connectivity index (χ4v) is 4.53. The molecule has 0 bridgehead atoms. The van der Waals surface area contributed by atoms with E-state index in [1.54, 1.807) is 0 Å². The van der Waals surface area contributed by atoms with Crippen molar-refractivity contribution in [2.75, 3.05) is 18.1 Å². The molecule has 0 spiro atoms. The Morgan fingerprint density at radius 1 is 1.24 bits per heavy atom. The molecule has 2 unspecified atom stereocenters. The molecule has 0 radical (unpaired) electrons. The van der Waals surface area contributed by atoms with Crippen molar-refractivity contribution in [2.45, 2.75) is 45.1 Å². The summed E-state index contributed by atoms with van der Waals surface area (Å²) in [5.74, 6) is -0.504. The molecule has 7 heteroatoms. The molecule has 2 atom stereocenters. The second kappa shape index (κ2) is 8.47. The van der Waals surface area contributed by atoms with Gasteiger partial charge >= 0.3 is 0 Å². The first-order valence-electron chi connectivity index (χ1n) is 8.67. The molecule has 1 fully saturated rings. The van der Waals surface area contributed by atoms with Gasteiger partial charge in [-0.3, -0.25) is 9.59 Å². The van der Waals surface area contributed by atoms with Gasteiger partial charge in [0, 0.05) is 19.0 Å². The summed E-state index contributed by atoms with van der Waals surface area (Å²) in [6, 6.07) is 7.64. The van der Waals surface area contributed by atoms with Crippen LogP contribution in [0.4, 0.5) is 0 Å². The Balaban J connectivity index is 1.73. The van der Waals surface area contributed by atoms with E-state index in [2.05, 4.69) is 17.6 Å². The number of rotatable bonds is 7. The Morgan fingerprint density at radius 2 is 1.92 bits per heavy atom. The zero-order valence-electron chi connectivity index (χ0n) is 14.7. The molecule has 1 aliphatic rings. The quantitative estimate of drug-likeness (QED) is 0.757. The fourth-order valence-electron chi connectivity index (χ4n) is 2.85. The van der Waals surface area contributed by atoms with Crippen LogP contribution in [0.2, 0.25) is 0 Å². The molecule has 6 nitrogen and oxygen atoms in total. The zero-order chi connectivity index (χ0) is 18.4. The monoisotopic (exact) mass is 366 g/mol. The molecule has 2 amide bonds. The lowest BCUT2D eigenvalue weighted by Crippen LogP contribution is -2.38. The minimum absolute atomic E-state index is 0.00981. The molecule has 1 saturated heterocycles. The first-order chi connectivity index (χ1) is 11.8. The molecule has 1 aliphatic heterocycles. The van der Waals surface area contributed by atoms with E-state index in [1.165, 1.54) is 5.56 Å². The molecule has 1 heterocycles. The van der Waals surface area contributed by atoms with Gasteiger partial charge in [-0.05, 0) is 30.9 Å². The third-order valence-electron chi connectivity index (χ3n) is 4.53. The van der Waals surface area contributed by atoms with Crippen LogP contribution in [0.3, 0.4) is 0 Å². The number of carbonyl (C=O) groups is 2. The molecule has 0 aromatic heterocycles. The van der Waals surface area contributed by atoms with Gasteiger partial charge in [0.2, 0.25) is 11.8 Å². The summed E-state index contributed by atoms with van der Waals surface area (Å²) >= 11 is 0. The van der Waals surface area contributed by atoms with Gasteiger partial charge in [-0.1, -0.05) is 31.2 Å². The standard InChI is InChI=1S/C18H26N2O4S/c1-3-14-4-6-15(7-5-14)13(2)18(22)19-10-8-17(21)20-16-9-11-25(23,24)12-16/h4-7,13,16H,3,8-12H2,1-2H3,(H,19,22)(H,20,21). The topological polar surface area (TPSA) is 92.3 Å². The van der Waals surface area contributed by atoms with E-state index in [0.29, 0.717) is 6.42 Å². The number of carbonyl (C=O) groups excluding carboxylic acids is 2. The van der Waals surface area contributed by atoms with Crippen molar-refractivity contribution in [3.05, 3.63) is 35.4 Å². The Hall–Kier alpha value is -1.89. The van der Waals surface area contributed by atoms with Crippen molar-refractivity contribution in [1.82, 2.24) is 10.6 Å². The lowest BCUT2D eigenvalue weighted by Gasteiger charge is -2.14. The van der Waals surface area contributed by atoms with E-state index in [-0.39, 0.29) is 48.2 Å². The Bertz CT molecular complexity index is 713. The number of aryl methyl sites for hydroxylation is 1. The molecule has 1 aromatic rings. The van der Waals surface area contributed by atoms with Crippen LogP contribution in [-0.2, 0) is 25.8 Å². The molecule has 2 rings (SSSR count). The highest BCUT2D eigenvalue weighted by Crippen LogP contribution is 2.16. The average Bonchev–Trinajstić information content (AvgIpc) is 2.92. The Morgan fingerprint density at radius 3 is 2.48 bits per heavy atom. The summed E-state index contributed by atoms with van der Waals surface area (Å²) < 4.78 is 22.7. The molecule has 2 N–H and O–H groups in total. The summed E-state index contributed by atoms with van der Waals surface area (Å²) in [6.45, 7) is 4.15. The molecule has 1 aromatic carbocycles. The third kappa shape index (κ3) is 5.85. The van der Waals surface area contributed by atoms with E-state index in [9.17, 15) is 18.0 Å². The highest BCUT2D eigenvalue weighted by molar-refractivity contribution is 7.91. The molecular formula is C18H26N2O4S. The summed E-state index contributed by atoms with van der Waals surface area (Å²) in [4.78, 5) is 24.0. The van der Waals surface area contributed by atoms with Gasteiger partial charge < -0.3 is 10.6 Å². The summed E-state index contributed by atoms with van der Waals surface area (Å²) in [7, 11) is -3.01. The van der Waals surface area contributed by atoms with Gasteiger partial charge in [-0.25, -0.2) is 8.42 Å². The first kappa shape index (κ1) is 19.4. The Labute approximate surface area is 149 Å². The maximum Gasteiger partial charge on any atom is 0.227 e. The number of hydrogen-bond donors (Lipinski definition) is 2. The Kier molecular flexibility index (Phi) is 6.58. The summed E-state index contributed by atoms with van der Waals surface area (Å²) in [5.41, 5.74) is 2.16. The van der Waals surface area contributed by atoms with Crippen LogP contribution in [0, 0.1) is 0 Å². The number of sulfone groups is 1. The SMILES string of the molecule is CCc1ccc(C(C)C(=O)NCCC(=O)NC2CCS(=O)(=O)C2)cc1. The third-order valence-corrected chi connectivity index (χ3v) is 6.30. The number of hydrogen-bond acceptors (Lipinski definition) is 4. The predicted molar refractivity (Wildman–Crippen MR) is 97.1 cm³/mol. The fraction of sp³-hybridized carbons (Fsp3) is 0.556. The highest BCUT2D eigenvalue weighted by Gasteiger charge is 2.28. The number of benzene rings is 1. The lowest BCUT2D eigenvalue weighted by atomic mass is 9.98. The van der Waals surface area contributed by atoms with E-state index >= 15 is 0 Å². The van der Waals surface area contributed by atoms with Crippen LogP contribution in [0.15, 0.2) is 24.3 Å². The van der Waals surface area contributed by atoms with Crippen LogP contribution < -0.4 is 10.6 Å². The highest BCUT2D eigenvalue weighted by atomic mass is 32.2. The van der Waals surface area contributed by atoms with Crippen LogP contribution in [-0.4, -0.2) is 44.3 Å². The molecule has 0 aliphatic carbocycles. The smallest absolute Gasteiger partial charge is 0.227 e. The van der Waals surface area contributed by atoms with Crippen molar-refractivity contribution in [3.63, 3.8) is 0 Å². The van der Waals surface area contributed by atoms with Crippen LogP contribution in [0.5, 0.6) is 0 Å². The van der Waals surface area contributed by atoms with E-state index in [4.69, 9.17) is 0 Å². The average molecular weight is 366 g/mol. The predicted octanol–water partition coefficient (Wildman–Crippen LogP) is 1.16. The maximum absolute atomic E-state index is 12.2. The lowest BCUT2D eigenvalue weighted by molar-refractivity contribution is -0.123. The van der Waals surface area contributed by atoms with Crippen molar-refractivity contribution < 1.29 is 18.0 Å². The second-order valence-electron chi connectivity index (χ2n) is 6.53. The van der Waals surface area contributed by atoms with E-state index < -0.39 is 9.84 Å².